The molecule has 28 heavy (non-hydrogen) atoms. The second-order valence-electron chi connectivity index (χ2n) is 7.74. The number of rotatable bonds is 20. The zero-order valence-electron chi connectivity index (χ0n) is 17.7. The molecule has 0 spiro atoms. The van der Waals surface area contributed by atoms with Gasteiger partial charge in [-0.1, -0.05) is 96.8 Å². The van der Waals surface area contributed by atoms with Crippen LogP contribution in [0, 0.1) is 0 Å². The fraction of sp³-hybridized carbons (Fsp3) is 0.864. The van der Waals surface area contributed by atoms with Crippen LogP contribution in [0.15, 0.2) is 0 Å². The van der Waals surface area contributed by atoms with Gasteiger partial charge in [-0.2, -0.15) is 0 Å². The van der Waals surface area contributed by atoms with Gasteiger partial charge in [0.15, 0.2) is 0 Å². The molecule has 1 unspecified atom stereocenters. The van der Waals surface area contributed by atoms with Crippen molar-refractivity contribution < 1.29 is 24.6 Å². The second kappa shape index (κ2) is 18.8. The van der Waals surface area contributed by atoms with Crippen LogP contribution in [0.3, 0.4) is 0 Å². The molecule has 164 valence electrons. The van der Waals surface area contributed by atoms with Crippen molar-refractivity contribution in [3.05, 3.63) is 0 Å². The molecule has 0 aliphatic heterocycles. The van der Waals surface area contributed by atoms with E-state index in [9.17, 15) is 19.5 Å². The molecule has 3 N–H and O–H groups in total. The van der Waals surface area contributed by atoms with Gasteiger partial charge >= 0.3 is 11.9 Å². The van der Waals surface area contributed by atoms with Gasteiger partial charge in [0.05, 0.1) is 6.42 Å². The van der Waals surface area contributed by atoms with Gasteiger partial charge in [-0.25, -0.2) is 4.79 Å². The highest BCUT2D eigenvalue weighted by atomic mass is 16.4. The highest BCUT2D eigenvalue weighted by molar-refractivity contribution is 5.85. The van der Waals surface area contributed by atoms with E-state index in [1.165, 1.54) is 70.6 Å². The van der Waals surface area contributed by atoms with Gasteiger partial charge < -0.3 is 15.5 Å². The summed E-state index contributed by atoms with van der Waals surface area (Å²) in [5.41, 5.74) is 0. The van der Waals surface area contributed by atoms with Crippen molar-refractivity contribution in [2.75, 3.05) is 0 Å². The summed E-state index contributed by atoms with van der Waals surface area (Å²) in [6, 6.07) is -0.918. The summed E-state index contributed by atoms with van der Waals surface area (Å²) in [6.45, 7) is 2.24. The maximum absolute atomic E-state index is 11.6. The topological polar surface area (TPSA) is 104 Å². The molecule has 6 heteroatoms. The van der Waals surface area contributed by atoms with Gasteiger partial charge in [-0.3, -0.25) is 9.59 Å². The maximum Gasteiger partial charge on any atom is 0.326 e. The number of nitrogens with one attached hydrogen (secondary N) is 1. The molecule has 0 bridgehead atoms. The molecule has 0 saturated carbocycles. The molecule has 0 aromatic heterocycles. The van der Waals surface area contributed by atoms with Gasteiger partial charge in [0.2, 0.25) is 5.91 Å². The molecule has 0 heterocycles. The van der Waals surface area contributed by atoms with Crippen LogP contribution in [0.4, 0.5) is 0 Å². The average Bonchev–Trinajstić information content (AvgIpc) is 2.65. The van der Waals surface area contributed by atoms with Crippen molar-refractivity contribution in [2.24, 2.45) is 0 Å². The molecular formula is C22H41NO5. The first-order valence-corrected chi connectivity index (χ1v) is 11.2. The van der Waals surface area contributed by atoms with Gasteiger partial charge in [0.25, 0.3) is 0 Å². The number of hydrogen-bond acceptors (Lipinski definition) is 3. The van der Waals surface area contributed by atoms with Crippen molar-refractivity contribution in [3.8, 4) is 0 Å². The molecule has 0 radical (unpaired) electrons. The monoisotopic (exact) mass is 399 g/mol. The molecule has 0 aliphatic carbocycles. The molecule has 0 fully saturated rings. The molecule has 0 aromatic rings. The van der Waals surface area contributed by atoms with Crippen LogP contribution in [-0.2, 0) is 14.4 Å². The standard InChI is InChI=1S/C22H41NO5/c1-2-3-4-5-6-7-8-9-10-11-12-13-14-15-16-19(22(27)28)23-20(24)17-18-21(25)26/h19H,2-18H2,1H3,(H,23,24)(H,25,26)(H,27,28). The third-order valence-corrected chi connectivity index (χ3v) is 5.05. The van der Waals surface area contributed by atoms with Crippen LogP contribution in [0.1, 0.15) is 116 Å². The quantitative estimate of drug-likeness (QED) is 0.241. The summed E-state index contributed by atoms with van der Waals surface area (Å²) >= 11 is 0. The SMILES string of the molecule is CCCCCCCCCCCCCCCCC(NC(=O)CCC(=O)O)C(=O)O. The normalized spacial score (nSPS) is 11.9. The highest BCUT2D eigenvalue weighted by Gasteiger charge is 2.19. The first kappa shape index (κ1) is 26.4. The summed E-state index contributed by atoms with van der Waals surface area (Å²) in [5.74, 6) is -2.63. The summed E-state index contributed by atoms with van der Waals surface area (Å²) in [6.07, 6.45) is 17.3. The number of carbonyl (C=O) groups is 3. The first-order valence-electron chi connectivity index (χ1n) is 11.2. The lowest BCUT2D eigenvalue weighted by Crippen LogP contribution is -2.40. The van der Waals surface area contributed by atoms with Gasteiger partial charge in [-0.15, -0.1) is 0 Å². The molecule has 0 rings (SSSR count). The van der Waals surface area contributed by atoms with Crippen LogP contribution in [0.25, 0.3) is 0 Å². The molecule has 0 aromatic carbocycles. The van der Waals surface area contributed by atoms with Crippen molar-refractivity contribution >= 4 is 17.8 Å². The predicted molar refractivity (Wildman–Crippen MR) is 111 cm³/mol. The Morgan fingerprint density at radius 3 is 1.50 bits per heavy atom. The Balaban J connectivity index is 3.54. The van der Waals surface area contributed by atoms with Crippen LogP contribution in [-0.4, -0.2) is 34.1 Å². The van der Waals surface area contributed by atoms with Crippen molar-refractivity contribution in [1.29, 1.82) is 0 Å². The zero-order chi connectivity index (χ0) is 21.0. The van der Waals surface area contributed by atoms with Crippen molar-refractivity contribution in [1.82, 2.24) is 5.32 Å². The van der Waals surface area contributed by atoms with Crippen LogP contribution < -0.4 is 5.32 Å². The minimum atomic E-state index is -1.06. The smallest absolute Gasteiger partial charge is 0.326 e. The average molecular weight is 400 g/mol. The van der Waals surface area contributed by atoms with E-state index in [0.717, 1.165) is 19.3 Å². The number of carboxylic acid groups (broad SMARTS) is 2. The zero-order valence-corrected chi connectivity index (χ0v) is 17.7. The highest BCUT2D eigenvalue weighted by Crippen LogP contribution is 2.14. The third kappa shape index (κ3) is 17.8. The summed E-state index contributed by atoms with van der Waals surface area (Å²) in [7, 11) is 0. The van der Waals surface area contributed by atoms with E-state index >= 15 is 0 Å². The number of amides is 1. The van der Waals surface area contributed by atoms with E-state index in [1.54, 1.807) is 0 Å². The summed E-state index contributed by atoms with van der Waals surface area (Å²) in [4.78, 5) is 33.2. The number of carbonyl (C=O) groups excluding carboxylic acids is 1. The van der Waals surface area contributed by atoms with Crippen LogP contribution >= 0.6 is 0 Å². The Morgan fingerprint density at radius 2 is 1.11 bits per heavy atom. The number of carboxylic acids is 2. The molecule has 0 aliphatic rings. The number of aliphatic carboxylic acids is 2. The Bertz CT molecular complexity index is 425. The first-order chi connectivity index (χ1) is 13.5. The summed E-state index contributed by atoms with van der Waals surface area (Å²) < 4.78 is 0. The van der Waals surface area contributed by atoms with Crippen molar-refractivity contribution in [2.45, 2.75) is 122 Å². The molecule has 0 saturated heterocycles. The number of unbranched alkanes of at least 4 members (excludes halogenated alkanes) is 13. The Morgan fingerprint density at radius 1 is 0.679 bits per heavy atom. The minimum Gasteiger partial charge on any atom is -0.481 e. The molecule has 1 amide bonds. The van der Waals surface area contributed by atoms with E-state index < -0.39 is 23.9 Å². The van der Waals surface area contributed by atoms with Gasteiger partial charge in [0, 0.05) is 6.42 Å². The van der Waals surface area contributed by atoms with Crippen LogP contribution in [0.5, 0.6) is 0 Å². The van der Waals surface area contributed by atoms with E-state index in [0.29, 0.717) is 6.42 Å². The van der Waals surface area contributed by atoms with Gasteiger partial charge in [-0.05, 0) is 6.42 Å². The molecule has 1 atom stereocenters. The minimum absolute atomic E-state index is 0.183. The fourth-order valence-electron chi connectivity index (χ4n) is 3.29. The molecule has 6 nitrogen and oxygen atoms in total. The lowest BCUT2D eigenvalue weighted by molar-refractivity contribution is -0.142. The second-order valence-corrected chi connectivity index (χ2v) is 7.74. The van der Waals surface area contributed by atoms with E-state index in [4.69, 9.17) is 5.11 Å². The summed E-state index contributed by atoms with van der Waals surface area (Å²) in [5, 5.41) is 20.1. The Labute approximate surface area is 170 Å². The fourth-order valence-corrected chi connectivity index (χ4v) is 3.29. The largest absolute Gasteiger partial charge is 0.481 e. The third-order valence-electron chi connectivity index (χ3n) is 5.05. The van der Waals surface area contributed by atoms with Crippen LogP contribution in [0.2, 0.25) is 0 Å². The predicted octanol–water partition coefficient (Wildman–Crippen LogP) is 5.29. The van der Waals surface area contributed by atoms with E-state index in [-0.39, 0.29) is 12.8 Å². The Hall–Kier alpha value is -1.59. The lowest BCUT2D eigenvalue weighted by Gasteiger charge is -2.14. The van der Waals surface area contributed by atoms with Gasteiger partial charge in [0.1, 0.15) is 6.04 Å². The lowest BCUT2D eigenvalue weighted by atomic mass is 10.0. The maximum atomic E-state index is 11.6. The van der Waals surface area contributed by atoms with E-state index in [2.05, 4.69) is 12.2 Å². The Kier molecular flexibility index (Phi) is 17.7. The molecular weight excluding hydrogens is 358 g/mol. The van der Waals surface area contributed by atoms with Crippen molar-refractivity contribution in [3.63, 3.8) is 0 Å². The number of hydrogen-bond donors (Lipinski definition) is 3. The van der Waals surface area contributed by atoms with E-state index in [1.807, 2.05) is 0 Å².